The predicted octanol–water partition coefficient (Wildman–Crippen LogP) is 2.36. The van der Waals surface area contributed by atoms with Crippen LogP contribution in [0, 0.1) is 0 Å². The van der Waals surface area contributed by atoms with Gasteiger partial charge in [-0.1, -0.05) is 6.08 Å². The third-order valence-corrected chi connectivity index (χ3v) is 3.13. The van der Waals surface area contributed by atoms with Crippen molar-refractivity contribution in [2.24, 2.45) is 0 Å². The average Bonchev–Trinajstić information content (AvgIpc) is 2.43. The lowest BCUT2D eigenvalue weighted by molar-refractivity contribution is 0.149. The normalized spacial score (nSPS) is 14.0. The van der Waals surface area contributed by atoms with Crippen molar-refractivity contribution in [1.82, 2.24) is 9.97 Å². The molecule has 0 amide bonds. The van der Waals surface area contributed by atoms with Crippen molar-refractivity contribution in [2.45, 2.75) is 32.1 Å². The van der Waals surface area contributed by atoms with Crippen molar-refractivity contribution in [3.63, 3.8) is 0 Å². The highest BCUT2D eigenvalue weighted by Crippen LogP contribution is 2.23. The molecular formula is C14H21N3O. The molecule has 2 rings (SSSR count). The van der Waals surface area contributed by atoms with E-state index in [1.165, 1.54) is 24.1 Å². The van der Waals surface area contributed by atoms with Gasteiger partial charge in [0.2, 0.25) is 0 Å². The molecule has 4 heteroatoms. The number of rotatable bonds is 7. The summed E-state index contributed by atoms with van der Waals surface area (Å²) in [5.41, 5.74) is 2.51. The number of hydrogen-bond acceptors (Lipinski definition) is 4. The molecule has 1 heterocycles. The molecule has 0 spiro atoms. The first kappa shape index (κ1) is 13.0. The third kappa shape index (κ3) is 3.53. The van der Waals surface area contributed by atoms with E-state index in [1.807, 2.05) is 6.08 Å². The molecule has 0 unspecified atom stereocenters. The lowest BCUT2D eigenvalue weighted by atomic mass is 9.96. The molecule has 0 saturated carbocycles. The molecule has 0 bridgehead atoms. The highest BCUT2D eigenvalue weighted by molar-refractivity contribution is 5.46. The smallest absolute Gasteiger partial charge is 0.132 e. The Labute approximate surface area is 108 Å². The Bertz CT molecular complexity index is 393. The van der Waals surface area contributed by atoms with Crippen LogP contribution in [0.4, 0.5) is 5.82 Å². The van der Waals surface area contributed by atoms with Gasteiger partial charge < -0.3 is 10.1 Å². The zero-order valence-corrected chi connectivity index (χ0v) is 10.8. The Morgan fingerprint density at radius 2 is 2.17 bits per heavy atom. The van der Waals surface area contributed by atoms with Crippen molar-refractivity contribution in [1.29, 1.82) is 0 Å². The molecular weight excluding hydrogens is 226 g/mol. The molecule has 1 N–H and O–H groups in total. The second-order valence-electron chi connectivity index (χ2n) is 4.47. The number of nitrogens with zero attached hydrogens (tertiary/aromatic N) is 2. The van der Waals surface area contributed by atoms with Crippen LogP contribution in [-0.4, -0.2) is 29.7 Å². The highest BCUT2D eigenvalue weighted by atomic mass is 16.5. The Hall–Kier alpha value is -1.42. The molecule has 18 heavy (non-hydrogen) atoms. The fourth-order valence-corrected chi connectivity index (χ4v) is 2.18. The molecule has 98 valence electrons. The summed E-state index contributed by atoms with van der Waals surface area (Å²) in [6, 6.07) is 0. The van der Waals surface area contributed by atoms with E-state index < -0.39 is 0 Å². The largest absolute Gasteiger partial charge is 0.379 e. The van der Waals surface area contributed by atoms with Gasteiger partial charge in [0.25, 0.3) is 0 Å². The Kier molecular flexibility index (Phi) is 5.15. The predicted molar refractivity (Wildman–Crippen MR) is 72.8 cm³/mol. The van der Waals surface area contributed by atoms with Crippen molar-refractivity contribution in [2.75, 3.05) is 25.1 Å². The van der Waals surface area contributed by atoms with Gasteiger partial charge in [-0.2, -0.15) is 0 Å². The van der Waals surface area contributed by atoms with E-state index in [0.717, 1.165) is 38.2 Å². The molecule has 0 aliphatic heterocycles. The van der Waals surface area contributed by atoms with Crippen LogP contribution in [0.25, 0.3) is 0 Å². The van der Waals surface area contributed by atoms with Crippen LogP contribution in [0.2, 0.25) is 0 Å². The monoisotopic (exact) mass is 247 g/mol. The molecule has 1 aliphatic rings. The van der Waals surface area contributed by atoms with Crippen LogP contribution in [0.1, 0.15) is 30.5 Å². The summed E-state index contributed by atoms with van der Waals surface area (Å²) in [6.45, 7) is 5.90. The summed E-state index contributed by atoms with van der Waals surface area (Å²) in [6.07, 6.45) is 9.10. The second kappa shape index (κ2) is 7.11. The SMILES string of the molecule is C=CCCOCCNc1ncnc2c1CCCC2. The van der Waals surface area contributed by atoms with E-state index in [2.05, 4.69) is 21.9 Å². The van der Waals surface area contributed by atoms with E-state index >= 15 is 0 Å². The van der Waals surface area contributed by atoms with Gasteiger partial charge in [0.05, 0.1) is 13.2 Å². The van der Waals surface area contributed by atoms with E-state index in [0.29, 0.717) is 6.61 Å². The van der Waals surface area contributed by atoms with Gasteiger partial charge in [-0.25, -0.2) is 9.97 Å². The van der Waals surface area contributed by atoms with E-state index in [-0.39, 0.29) is 0 Å². The summed E-state index contributed by atoms with van der Waals surface area (Å²) >= 11 is 0. The quantitative estimate of drug-likeness (QED) is 0.593. The standard InChI is InChI=1S/C14H21N3O/c1-2-3-9-18-10-8-15-14-12-6-4-5-7-13(12)16-11-17-14/h2,11H,1,3-10H2,(H,15,16,17). The highest BCUT2D eigenvalue weighted by Gasteiger charge is 2.14. The molecule has 0 saturated heterocycles. The minimum Gasteiger partial charge on any atom is -0.379 e. The van der Waals surface area contributed by atoms with Gasteiger partial charge >= 0.3 is 0 Å². The molecule has 0 aromatic carbocycles. The minimum absolute atomic E-state index is 0.701. The van der Waals surface area contributed by atoms with Crippen molar-refractivity contribution < 1.29 is 4.74 Å². The maximum atomic E-state index is 5.46. The topological polar surface area (TPSA) is 47.0 Å². The minimum atomic E-state index is 0.701. The van der Waals surface area contributed by atoms with Crippen LogP contribution in [0.15, 0.2) is 19.0 Å². The summed E-state index contributed by atoms with van der Waals surface area (Å²) in [7, 11) is 0. The first-order valence-electron chi connectivity index (χ1n) is 6.67. The van der Waals surface area contributed by atoms with Gasteiger partial charge in [-0.05, 0) is 32.1 Å². The van der Waals surface area contributed by atoms with E-state index in [1.54, 1.807) is 6.33 Å². The molecule has 0 atom stereocenters. The number of aryl methyl sites for hydroxylation is 1. The van der Waals surface area contributed by atoms with Gasteiger partial charge in [-0.15, -0.1) is 6.58 Å². The Morgan fingerprint density at radius 1 is 1.28 bits per heavy atom. The van der Waals surface area contributed by atoms with E-state index in [4.69, 9.17) is 4.74 Å². The number of aromatic nitrogens is 2. The third-order valence-electron chi connectivity index (χ3n) is 3.13. The van der Waals surface area contributed by atoms with Crippen LogP contribution in [0.3, 0.4) is 0 Å². The van der Waals surface area contributed by atoms with Gasteiger partial charge in [0, 0.05) is 17.8 Å². The number of nitrogens with one attached hydrogen (secondary N) is 1. The van der Waals surface area contributed by atoms with Crippen LogP contribution in [0.5, 0.6) is 0 Å². The molecule has 0 fully saturated rings. The molecule has 1 aromatic rings. The molecule has 1 aliphatic carbocycles. The Balaban J connectivity index is 1.80. The second-order valence-corrected chi connectivity index (χ2v) is 4.47. The molecule has 4 nitrogen and oxygen atoms in total. The van der Waals surface area contributed by atoms with Crippen molar-refractivity contribution >= 4 is 5.82 Å². The first-order valence-corrected chi connectivity index (χ1v) is 6.67. The van der Waals surface area contributed by atoms with Crippen molar-refractivity contribution in [3.05, 3.63) is 30.2 Å². The van der Waals surface area contributed by atoms with Gasteiger partial charge in [0.15, 0.2) is 0 Å². The van der Waals surface area contributed by atoms with Crippen LogP contribution >= 0.6 is 0 Å². The molecule has 1 aromatic heterocycles. The maximum Gasteiger partial charge on any atom is 0.132 e. The summed E-state index contributed by atoms with van der Waals surface area (Å²) in [4.78, 5) is 8.69. The zero-order chi connectivity index (χ0) is 12.6. The number of anilines is 1. The maximum absolute atomic E-state index is 5.46. The fourth-order valence-electron chi connectivity index (χ4n) is 2.18. The van der Waals surface area contributed by atoms with Crippen LogP contribution in [-0.2, 0) is 17.6 Å². The fraction of sp³-hybridized carbons (Fsp3) is 0.571. The number of fused-ring (bicyclic) bond motifs is 1. The van der Waals surface area contributed by atoms with E-state index in [9.17, 15) is 0 Å². The summed E-state index contributed by atoms with van der Waals surface area (Å²) in [5.74, 6) is 0.993. The Morgan fingerprint density at radius 3 is 3.06 bits per heavy atom. The average molecular weight is 247 g/mol. The van der Waals surface area contributed by atoms with Gasteiger partial charge in [0.1, 0.15) is 12.1 Å². The summed E-state index contributed by atoms with van der Waals surface area (Å²) < 4.78 is 5.46. The summed E-state index contributed by atoms with van der Waals surface area (Å²) in [5, 5.41) is 3.35. The first-order chi connectivity index (χ1) is 8.92. The molecule has 0 radical (unpaired) electrons. The van der Waals surface area contributed by atoms with Gasteiger partial charge in [-0.3, -0.25) is 0 Å². The zero-order valence-electron chi connectivity index (χ0n) is 10.8. The number of ether oxygens (including phenoxy) is 1. The lowest BCUT2D eigenvalue weighted by Crippen LogP contribution is -2.15. The van der Waals surface area contributed by atoms with Crippen molar-refractivity contribution in [3.8, 4) is 0 Å². The van der Waals surface area contributed by atoms with Crippen LogP contribution < -0.4 is 5.32 Å². The lowest BCUT2D eigenvalue weighted by Gasteiger charge is -2.17. The number of hydrogen-bond donors (Lipinski definition) is 1.